The van der Waals surface area contributed by atoms with E-state index in [1.165, 1.54) is 18.2 Å². The molecule has 0 bridgehead atoms. The molecule has 0 saturated carbocycles. The fraction of sp³-hybridized carbons (Fsp3) is 0.120. The quantitative estimate of drug-likeness (QED) is 0.419. The van der Waals surface area contributed by atoms with Crippen molar-refractivity contribution in [3.63, 3.8) is 0 Å². The number of rotatable bonds is 6. The zero-order valence-electron chi connectivity index (χ0n) is 17.8. The zero-order valence-corrected chi connectivity index (χ0v) is 17.8. The molecule has 0 aliphatic rings. The molecule has 0 aliphatic heterocycles. The Kier molecular flexibility index (Phi) is 6.08. The van der Waals surface area contributed by atoms with Gasteiger partial charge in [0.25, 0.3) is 0 Å². The van der Waals surface area contributed by atoms with Crippen LogP contribution in [0.25, 0.3) is 22.4 Å². The number of hydrogen-bond acceptors (Lipinski definition) is 6. The Labute approximate surface area is 189 Å². The van der Waals surface area contributed by atoms with E-state index in [1.807, 2.05) is 13.0 Å². The summed E-state index contributed by atoms with van der Waals surface area (Å²) in [4.78, 5) is 25.8. The summed E-state index contributed by atoms with van der Waals surface area (Å²) in [7, 11) is 0. The topological polar surface area (TPSA) is 108 Å². The Hall–Kier alpha value is -4.20. The van der Waals surface area contributed by atoms with Gasteiger partial charge >= 0.3 is 0 Å². The van der Waals surface area contributed by atoms with Crippen LogP contribution in [0, 0.1) is 11.6 Å². The Morgan fingerprint density at radius 2 is 1.76 bits per heavy atom. The van der Waals surface area contributed by atoms with Gasteiger partial charge in [-0.15, -0.1) is 0 Å². The van der Waals surface area contributed by atoms with Gasteiger partial charge in [0.15, 0.2) is 5.78 Å². The summed E-state index contributed by atoms with van der Waals surface area (Å²) in [5.41, 5.74) is 14.7. The third-order valence-electron chi connectivity index (χ3n) is 5.24. The second kappa shape index (κ2) is 9.12. The van der Waals surface area contributed by atoms with Crippen molar-refractivity contribution in [2.75, 3.05) is 11.5 Å². The first kappa shape index (κ1) is 22.0. The second-order valence-corrected chi connectivity index (χ2v) is 7.49. The van der Waals surface area contributed by atoms with E-state index in [2.05, 4.69) is 15.0 Å². The van der Waals surface area contributed by atoms with E-state index in [0.717, 1.165) is 29.0 Å². The van der Waals surface area contributed by atoms with Gasteiger partial charge in [0, 0.05) is 24.5 Å². The first-order chi connectivity index (χ1) is 15.9. The smallest absolute Gasteiger partial charge is 0.187 e. The Balaban J connectivity index is 1.72. The van der Waals surface area contributed by atoms with Crippen LogP contribution in [0.3, 0.4) is 0 Å². The first-order valence-corrected chi connectivity index (χ1v) is 10.3. The number of nitrogens with two attached hydrogens (primary N) is 2. The van der Waals surface area contributed by atoms with Gasteiger partial charge in [0.05, 0.1) is 16.9 Å². The number of nitrogen functional groups attached to an aromatic ring is 2. The largest absolute Gasteiger partial charge is 0.397 e. The highest BCUT2D eigenvalue weighted by Crippen LogP contribution is 2.29. The van der Waals surface area contributed by atoms with Crippen molar-refractivity contribution in [2.24, 2.45) is 0 Å². The molecule has 6 nitrogen and oxygen atoms in total. The number of carbonyl (C=O) groups excluding carboxylic acids is 1. The molecular weight excluding hydrogens is 424 g/mol. The number of hydrogen-bond donors (Lipinski definition) is 2. The number of carbonyl (C=O) groups is 1. The van der Waals surface area contributed by atoms with Crippen molar-refractivity contribution in [2.45, 2.75) is 19.8 Å². The summed E-state index contributed by atoms with van der Waals surface area (Å²) in [5.74, 6) is -1.58. The Morgan fingerprint density at radius 3 is 2.48 bits per heavy atom. The van der Waals surface area contributed by atoms with E-state index in [0.29, 0.717) is 17.8 Å². The molecule has 4 N–H and O–H groups in total. The predicted molar refractivity (Wildman–Crippen MR) is 123 cm³/mol. The number of benzene rings is 1. The summed E-state index contributed by atoms with van der Waals surface area (Å²) in [6.45, 7) is 1.97. The van der Waals surface area contributed by atoms with E-state index >= 15 is 0 Å². The van der Waals surface area contributed by atoms with Crippen molar-refractivity contribution in [1.29, 1.82) is 0 Å². The zero-order chi connectivity index (χ0) is 23.5. The van der Waals surface area contributed by atoms with Crippen LogP contribution in [0.5, 0.6) is 0 Å². The molecule has 3 aromatic heterocycles. The van der Waals surface area contributed by atoms with E-state index in [1.54, 1.807) is 24.5 Å². The van der Waals surface area contributed by atoms with Crippen molar-refractivity contribution < 1.29 is 13.6 Å². The lowest BCUT2D eigenvalue weighted by molar-refractivity contribution is 0.0989. The van der Waals surface area contributed by atoms with Crippen molar-refractivity contribution in [3.05, 3.63) is 89.5 Å². The monoisotopic (exact) mass is 445 g/mol. The van der Waals surface area contributed by atoms with Gasteiger partial charge in [0.2, 0.25) is 0 Å². The van der Waals surface area contributed by atoms with Crippen LogP contribution < -0.4 is 11.5 Å². The van der Waals surface area contributed by atoms with E-state index in [9.17, 15) is 13.6 Å². The molecule has 0 radical (unpaired) electrons. The third kappa shape index (κ3) is 4.55. The first-order valence-electron chi connectivity index (χ1n) is 10.3. The van der Waals surface area contributed by atoms with E-state index in [4.69, 9.17) is 11.5 Å². The molecule has 1 aromatic carbocycles. The number of aryl methyl sites for hydroxylation is 1. The molecule has 0 fully saturated rings. The molecule has 0 amide bonds. The summed E-state index contributed by atoms with van der Waals surface area (Å²) in [6, 6.07) is 11.8. The summed E-state index contributed by atoms with van der Waals surface area (Å²) >= 11 is 0. The average Bonchev–Trinajstić information content (AvgIpc) is 2.79. The lowest BCUT2D eigenvalue weighted by Crippen LogP contribution is -2.11. The molecule has 0 unspecified atom stereocenters. The maximum atomic E-state index is 14.2. The standard InChI is InChI=1S/C25H21F2N5O/c1-2-16-10-14(12-23(29)31-16)17-8-9-30-13-15(17)11-22(33)25-20(28)6-7-21(32-25)24-18(26)4-3-5-19(24)27/h3-10,12-13H,2,11,28H2,1H3,(H2,29,31). The van der Waals surface area contributed by atoms with Crippen molar-refractivity contribution >= 4 is 17.3 Å². The molecular formula is C25H21F2N5O. The molecule has 0 aliphatic carbocycles. The van der Waals surface area contributed by atoms with Crippen LogP contribution in [-0.2, 0) is 12.8 Å². The van der Waals surface area contributed by atoms with Crippen molar-refractivity contribution in [1.82, 2.24) is 15.0 Å². The number of nitrogens with zero attached hydrogens (tertiary/aromatic N) is 3. The molecule has 8 heteroatoms. The van der Waals surface area contributed by atoms with E-state index in [-0.39, 0.29) is 29.1 Å². The van der Waals surface area contributed by atoms with E-state index < -0.39 is 17.4 Å². The highest BCUT2D eigenvalue weighted by molar-refractivity contribution is 6.01. The number of aromatic nitrogens is 3. The summed E-state index contributed by atoms with van der Waals surface area (Å²) < 4.78 is 28.5. The van der Waals surface area contributed by atoms with Crippen molar-refractivity contribution in [3.8, 4) is 22.4 Å². The highest BCUT2D eigenvalue weighted by Gasteiger charge is 2.19. The number of pyridine rings is 3. The molecule has 0 atom stereocenters. The van der Waals surface area contributed by atoms with Crippen LogP contribution in [-0.4, -0.2) is 20.7 Å². The van der Waals surface area contributed by atoms with Gasteiger partial charge in [-0.3, -0.25) is 9.78 Å². The number of Topliss-reactive ketones (excluding diaryl/α,β-unsaturated/α-hetero) is 1. The third-order valence-corrected chi connectivity index (χ3v) is 5.24. The molecule has 0 saturated heterocycles. The van der Waals surface area contributed by atoms with Crippen LogP contribution in [0.4, 0.5) is 20.3 Å². The lowest BCUT2D eigenvalue weighted by Gasteiger charge is -2.12. The van der Waals surface area contributed by atoms with Gasteiger partial charge < -0.3 is 11.5 Å². The molecule has 3 heterocycles. The molecule has 33 heavy (non-hydrogen) atoms. The van der Waals surface area contributed by atoms with Gasteiger partial charge in [-0.05, 0) is 65.6 Å². The van der Waals surface area contributed by atoms with Gasteiger partial charge in [-0.1, -0.05) is 13.0 Å². The maximum absolute atomic E-state index is 14.2. The molecule has 166 valence electrons. The summed E-state index contributed by atoms with van der Waals surface area (Å²) in [5, 5.41) is 0. The molecule has 0 spiro atoms. The lowest BCUT2D eigenvalue weighted by atomic mass is 9.96. The van der Waals surface area contributed by atoms with Crippen LogP contribution >= 0.6 is 0 Å². The van der Waals surface area contributed by atoms with Gasteiger partial charge in [-0.25, -0.2) is 18.7 Å². The molecule has 4 rings (SSSR count). The molecule has 4 aromatic rings. The average molecular weight is 445 g/mol. The van der Waals surface area contributed by atoms with Crippen LogP contribution in [0.2, 0.25) is 0 Å². The highest BCUT2D eigenvalue weighted by atomic mass is 19.1. The van der Waals surface area contributed by atoms with Gasteiger partial charge in [-0.2, -0.15) is 0 Å². The second-order valence-electron chi connectivity index (χ2n) is 7.49. The van der Waals surface area contributed by atoms with Crippen LogP contribution in [0.1, 0.15) is 28.7 Å². The predicted octanol–water partition coefficient (Wildman–Crippen LogP) is 4.64. The fourth-order valence-electron chi connectivity index (χ4n) is 3.63. The fourth-order valence-corrected chi connectivity index (χ4v) is 3.63. The minimum Gasteiger partial charge on any atom is -0.397 e. The number of halogens is 2. The normalized spacial score (nSPS) is 10.9. The summed E-state index contributed by atoms with van der Waals surface area (Å²) in [6.07, 6.45) is 3.86. The SMILES string of the molecule is CCc1cc(-c2ccncc2CC(=O)c2nc(-c3c(F)cccc3F)ccc2N)cc(N)n1. The maximum Gasteiger partial charge on any atom is 0.187 e. The minimum absolute atomic E-state index is 0.0101. The number of ketones is 1. The van der Waals surface area contributed by atoms with Gasteiger partial charge in [0.1, 0.15) is 23.1 Å². The Morgan fingerprint density at radius 1 is 1.00 bits per heavy atom. The van der Waals surface area contributed by atoms with Crippen LogP contribution in [0.15, 0.2) is 60.9 Å². The minimum atomic E-state index is -0.776. The Bertz CT molecular complexity index is 1340. The number of anilines is 2.